The highest BCUT2D eigenvalue weighted by Gasteiger charge is 2.26. The summed E-state index contributed by atoms with van der Waals surface area (Å²) in [5.74, 6) is -0.305. The zero-order chi connectivity index (χ0) is 14.5. The van der Waals surface area contributed by atoms with E-state index < -0.39 is 0 Å². The van der Waals surface area contributed by atoms with E-state index in [4.69, 9.17) is 0 Å². The molecular weight excluding hydrogens is 252 g/mol. The second-order valence-corrected chi connectivity index (χ2v) is 5.58. The van der Waals surface area contributed by atoms with Crippen molar-refractivity contribution in [3.63, 3.8) is 0 Å². The van der Waals surface area contributed by atoms with Crippen LogP contribution in [0.4, 0.5) is 0 Å². The van der Waals surface area contributed by atoms with Crippen LogP contribution >= 0.6 is 0 Å². The van der Waals surface area contributed by atoms with Gasteiger partial charge in [0.15, 0.2) is 0 Å². The minimum Gasteiger partial charge on any atom is -0.352 e. The van der Waals surface area contributed by atoms with Crippen molar-refractivity contribution in [1.82, 2.24) is 10.6 Å². The fraction of sp³-hybridized carbons (Fsp3) is 0.500. The van der Waals surface area contributed by atoms with Gasteiger partial charge in [-0.2, -0.15) is 0 Å². The van der Waals surface area contributed by atoms with Gasteiger partial charge in [0.1, 0.15) is 0 Å². The van der Waals surface area contributed by atoms with Crippen LogP contribution in [0.2, 0.25) is 0 Å². The lowest BCUT2D eigenvalue weighted by molar-refractivity contribution is -0.127. The highest BCUT2D eigenvalue weighted by molar-refractivity contribution is 5.88. The molecule has 108 valence electrons. The normalized spacial score (nSPS) is 17.4. The van der Waals surface area contributed by atoms with Crippen molar-refractivity contribution in [2.45, 2.75) is 45.1 Å². The number of amides is 2. The molecule has 4 heteroatoms. The van der Waals surface area contributed by atoms with Gasteiger partial charge in [-0.1, -0.05) is 24.3 Å². The van der Waals surface area contributed by atoms with Gasteiger partial charge in [0, 0.05) is 6.04 Å². The van der Waals surface area contributed by atoms with Crippen LogP contribution < -0.4 is 10.6 Å². The van der Waals surface area contributed by atoms with Gasteiger partial charge >= 0.3 is 0 Å². The van der Waals surface area contributed by atoms with E-state index in [-0.39, 0.29) is 30.3 Å². The van der Waals surface area contributed by atoms with Gasteiger partial charge < -0.3 is 10.6 Å². The van der Waals surface area contributed by atoms with Crippen molar-refractivity contribution in [1.29, 1.82) is 0 Å². The average Bonchev–Trinajstić information content (AvgIpc) is 2.43. The molecule has 0 saturated carbocycles. The van der Waals surface area contributed by atoms with Gasteiger partial charge in [-0.25, -0.2) is 0 Å². The Hall–Kier alpha value is -1.84. The highest BCUT2D eigenvalue weighted by Crippen LogP contribution is 2.31. The molecule has 1 unspecified atom stereocenters. The fourth-order valence-electron chi connectivity index (χ4n) is 2.69. The average molecular weight is 274 g/mol. The molecule has 1 aliphatic carbocycles. The molecule has 1 aromatic carbocycles. The Morgan fingerprint density at radius 1 is 1.30 bits per heavy atom. The largest absolute Gasteiger partial charge is 0.352 e. The first-order valence-electron chi connectivity index (χ1n) is 7.23. The lowest BCUT2D eigenvalue weighted by Crippen LogP contribution is -2.41. The monoisotopic (exact) mass is 274 g/mol. The van der Waals surface area contributed by atoms with Crippen LogP contribution in [-0.2, 0) is 16.0 Å². The minimum absolute atomic E-state index is 0.0453. The van der Waals surface area contributed by atoms with E-state index in [1.165, 1.54) is 5.56 Å². The zero-order valence-electron chi connectivity index (χ0n) is 12.1. The molecule has 0 heterocycles. The van der Waals surface area contributed by atoms with E-state index in [1.54, 1.807) is 0 Å². The van der Waals surface area contributed by atoms with E-state index in [9.17, 15) is 9.59 Å². The first-order valence-corrected chi connectivity index (χ1v) is 7.23. The Morgan fingerprint density at radius 2 is 2.05 bits per heavy atom. The van der Waals surface area contributed by atoms with Gasteiger partial charge in [-0.05, 0) is 44.2 Å². The third-order valence-corrected chi connectivity index (χ3v) is 3.56. The maximum Gasteiger partial charge on any atom is 0.239 e. The summed E-state index contributed by atoms with van der Waals surface area (Å²) >= 11 is 0. The van der Waals surface area contributed by atoms with Crippen molar-refractivity contribution >= 4 is 11.8 Å². The van der Waals surface area contributed by atoms with E-state index in [0.29, 0.717) is 0 Å². The lowest BCUT2D eigenvalue weighted by atomic mass is 9.82. The summed E-state index contributed by atoms with van der Waals surface area (Å²) in [6.07, 6.45) is 2.91. The van der Waals surface area contributed by atoms with Crippen molar-refractivity contribution in [3.05, 3.63) is 35.4 Å². The van der Waals surface area contributed by atoms with E-state index in [0.717, 1.165) is 24.8 Å². The van der Waals surface area contributed by atoms with Crippen LogP contribution in [0, 0.1) is 0 Å². The van der Waals surface area contributed by atoms with Crippen molar-refractivity contribution < 1.29 is 9.59 Å². The molecule has 2 amide bonds. The topological polar surface area (TPSA) is 58.2 Å². The number of carbonyl (C=O) groups is 2. The number of rotatable bonds is 4. The first-order chi connectivity index (χ1) is 9.58. The third-order valence-electron chi connectivity index (χ3n) is 3.56. The maximum atomic E-state index is 12.3. The molecule has 2 N–H and O–H groups in total. The molecule has 0 aliphatic heterocycles. The Bertz CT molecular complexity index is 497. The second kappa shape index (κ2) is 6.55. The van der Waals surface area contributed by atoms with Crippen LogP contribution in [0.1, 0.15) is 43.7 Å². The van der Waals surface area contributed by atoms with Crippen molar-refractivity contribution in [2.75, 3.05) is 6.54 Å². The van der Waals surface area contributed by atoms with Crippen LogP contribution in [0.3, 0.4) is 0 Å². The molecule has 0 bridgehead atoms. The van der Waals surface area contributed by atoms with Gasteiger partial charge in [-0.3, -0.25) is 9.59 Å². The quantitative estimate of drug-likeness (QED) is 0.878. The van der Waals surface area contributed by atoms with E-state index in [1.807, 2.05) is 32.0 Å². The first kappa shape index (κ1) is 14.6. The number of hydrogen-bond acceptors (Lipinski definition) is 2. The summed E-state index contributed by atoms with van der Waals surface area (Å²) in [5.41, 5.74) is 2.37. The number of nitrogens with one attached hydrogen (secondary N) is 2. The Kier molecular flexibility index (Phi) is 4.77. The van der Waals surface area contributed by atoms with E-state index >= 15 is 0 Å². The van der Waals surface area contributed by atoms with Crippen LogP contribution in [0.25, 0.3) is 0 Å². The zero-order valence-corrected chi connectivity index (χ0v) is 12.1. The standard InChI is InChI=1S/C16H22N2O2/c1-11(2)18-15(19)10-17-16(20)14-9-5-7-12-6-3-4-8-13(12)14/h3-4,6,8,11,14H,5,7,9-10H2,1-2H3,(H,17,20)(H,18,19). The minimum atomic E-state index is -0.141. The van der Waals surface area contributed by atoms with Crippen molar-refractivity contribution in [3.8, 4) is 0 Å². The molecule has 0 fully saturated rings. The predicted octanol–water partition coefficient (Wildman–Crippen LogP) is 1.75. The van der Waals surface area contributed by atoms with Crippen LogP contribution in [0.15, 0.2) is 24.3 Å². The Labute approximate surface area is 119 Å². The number of carbonyl (C=O) groups excluding carboxylic acids is 2. The summed E-state index contributed by atoms with van der Waals surface area (Å²) in [5, 5.41) is 5.51. The summed E-state index contributed by atoms with van der Waals surface area (Å²) in [6, 6.07) is 8.17. The summed E-state index contributed by atoms with van der Waals surface area (Å²) < 4.78 is 0. The molecule has 20 heavy (non-hydrogen) atoms. The second-order valence-electron chi connectivity index (χ2n) is 5.58. The molecule has 0 aromatic heterocycles. The molecule has 1 aromatic rings. The Balaban J connectivity index is 1.95. The molecule has 0 spiro atoms. The third kappa shape index (κ3) is 3.59. The molecular formula is C16H22N2O2. The van der Waals surface area contributed by atoms with E-state index in [2.05, 4.69) is 16.7 Å². The number of hydrogen-bond donors (Lipinski definition) is 2. The number of benzene rings is 1. The van der Waals surface area contributed by atoms with Gasteiger partial charge in [0.25, 0.3) is 0 Å². The fourth-order valence-corrected chi connectivity index (χ4v) is 2.69. The molecule has 1 atom stereocenters. The number of fused-ring (bicyclic) bond motifs is 1. The maximum absolute atomic E-state index is 12.3. The van der Waals surface area contributed by atoms with Crippen LogP contribution in [0.5, 0.6) is 0 Å². The SMILES string of the molecule is CC(C)NC(=O)CNC(=O)C1CCCc2ccccc21. The summed E-state index contributed by atoms with van der Waals surface area (Å²) in [7, 11) is 0. The molecule has 0 radical (unpaired) electrons. The summed E-state index contributed by atoms with van der Waals surface area (Å²) in [4.78, 5) is 23.8. The smallest absolute Gasteiger partial charge is 0.239 e. The molecule has 2 rings (SSSR count). The summed E-state index contributed by atoms with van der Waals surface area (Å²) in [6.45, 7) is 3.85. The van der Waals surface area contributed by atoms with Gasteiger partial charge in [0.05, 0.1) is 12.5 Å². The molecule has 4 nitrogen and oxygen atoms in total. The molecule has 1 aliphatic rings. The molecule has 0 saturated heterocycles. The van der Waals surface area contributed by atoms with Crippen molar-refractivity contribution in [2.24, 2.45) is 0 Å². The highest BCUT2D eigenvalue weighted by atomic mass is 16.2. The predicted molar refractivity (Wildman–Crippen MR) is 78.4 cm³/mol. The van der Waals surface area contributed by atoms with Gasteiger partial charge in [0.2, 0.25) is 11.8 Å². The lowest BCUT2D eigenvalue weighted by Gasteiger charge is -2.24. The van der Waals surface area contributed by atoms with Gasteiger partial charge in [-0.15, -0.1) is 0 Å². The number of aryl methyl sites for hydroxylation is 1. The van der Waals surface area contributed by atoms with Crippen LogP contribution in [-0.4, -0.2) is 24.4 Å². The Morgan fingerprint density at radius 3 is 2.80 bits per heavy atom.